The summed E-state index contributed by atoms with van der Waals surface area (Å²) in [5, 5.41) is 2.60. The van der Waals surface area contributed by atoms with Gasteiger partial charge in [0.2, 0.25) is 5.91 Å². The van der Waals surface area contributed by atoms with Crippen molar-refractivity contribution in [3.63, 3.8) is 0 Å². The van der Waals surface area contributed by atoms with E-state index in [2.05, 4.69) is 5.32 Å². The highest BCUT2D eigenvalue weighted by molar-refractivity contribution is 7.98. The quantitative estimate of drug-likeness (QED) is 0.427. The van der Waals surface area contributed by atoms with Gasteiger partial charge >= 0.3 is 0 Å². The molecule has 0 aliphatic carbocycles. The third-order valence-electron chi connectivity index (χ3n) is 4.80. The molecule has 0 bridgehead atoms. The number of hydrogen-bond donors (Lipinski definition) is 1. The van der Waals surface area contributed by atoms with E-state index in [0.717, 1.165) is 9.20 Å². The fraction of sp³-hybridized carbons (Fsp3) is 0.208. The summed E-state index contributed by atoms with van der Waals surface area (Å²) in [6.45, 7) is 1.56. The van der Waals surface area contributed by atoms with Gasteiger partial charge in [0, 0.05) is 17.0 Å². The van der Waals surface area contributed by atoms with E-state index in [1.807, 2.05) is 6.26 Å². The van der Waals surface area contributed by atoms with Crippen LogP contribution in [0.1, 0.15) is 12.5 Å². The Hall–Kier alpha value is -3.04. The van der Waals surface area contributed by atoms with Crippen LogP contribution in [0.15, 0.2) is 82.6 Å². The maximum absolute atomic E-state index is 13.9. The van der Waals surface area contributed by atoms with Gasteiger partial charge in [0.1, 0.15) is 18.1 Å². The van der Waals surface area contributed by atoms with Crippen LogP contribution in [0, 0.1) is 5.82 Å². The summed E-state index contributed by atoms with van der Waals surface area (Å²) in [4.78, 5) is 13.7. The maximum atomic E-state index is 13.9. The Morgan fingerprint density at radius 2 is 1.70 bits per heavy atom. The summed E-state index contributed by atoms with van der Waals surface area (Å²) in [6, 6.07) is 19.2. The van der Waals surface area contributed by atoms with Crippen molar-refractivity contribution in [2.45, 2.75) is 23.3 Å². The molecule has 0 aliphatic heterocycles. The molecule has 0 fully saturated rings. The first kappa shape index (κ1) is 24.6. The van der Waals surface area contributed by atoms with Gasteiger partial charge in [0.05, 0.1) is 17.2 Å². The van der Waals surface area contributed by atoms with E-state index in [0.29, 0.717) is 17.9 Å². The summed E-state index contributed by atoms with van der Waals surface area (Å²) < 4.78 is 47.7. The van der Waals surface area contributed by atoms with Crippen LogP contribution in [-0.4, -0.2) is 33.7 Å². The molecule has 0 aliphatic rings. The van der Waals surface area contributed by atoms with Crippen LogP contribution in [-0.2, 0) is 21.4 Å². The number of hydrogen-bond acceptors (Lipinski definition) is 5. The van der Waals surface area contributed by atoms with E-state index in [4.69, 9.17) is 4.74 Å². The molecule has 0 saturated carbocycles. The Bertz CT molecular complexity index is 1200. The third kappa shape index (κ3) is 6.06. The highest BCUT2D eigenvalue weighted by atomic mass is 32.2. The molecule has 174 valence electrons. The lowest BCUT2D eigenvalue weighted by Gasteiger charge is -2.26. The van der Waals surface area contributed by atoms with Crippen LogP contribution in [0.3, 0.4) is 0 Å². The van der Waals surface area contributed by atoms with E-state index in [-0.39, 0.29) is 17.1 Å². The van der Waals surface area contributed by atoms with Gasteiger partial charge in [-0.2, -0.15) is 0 Å². The number of sulfonamides is 1. The number of carbonyl (C=O) groups excluding carboxylic acids is 1. The molecular weight excluding hydrogens is 463 g/mol. The number of nitrogens with zero attached hydrogens (tertiary/aromatic N) is 1. The fourth-order valence-corrected chi connectivity index (χ4v) is 4.98. The van der Waals surface area contributed by atoms with Gasteiger partial charge in [-0.05, 0) is 55.6 Å². The zero-order chi connectivity index (χ0) is 23.8. The van der Waals surface area contributed by atoms with Gasteiger partial charge in [-0.1, -0.05) is 30.3 Å². The van der Waals surface area contributed by atoms with Crippen molar-refractivity contribution in [1.29, 1.82) is 0 Å². The van der Waals surface area contributed by atoms with Gasteiger partial charge < -0.3 is 10.1 Å². The van der Waals surface area contributed by atoms with Crippen molar-refractivity contribution < 1.29 is 22.3 Å². The number of anilines is 1. The highest BCUT2D eigenvalue weighted by Gasteiger charge is 2.29. The number of amides is 1. The van der Waals surface area contributed by atoms with Crippen LogP contribution in [0.2, 0.25) is 0 Å². The van der Waals surface area contributed by atoms with Crippen molar-refractivity contribution in [3.05, 3.63) is 84.2 Å². The molecule has 0 heterocycles. The SMILES string of the molecule is CCOc1ccccc1N(CC(=O)NCc1ccccc1F)S(=O)(=O)c1ccc(SC)cc1. The van der Waals surface area contributed by atoms with Crippen molar-refractivity contribution in [2.75, 3.05) is 23.7 Å². The summed E-state index contributed by atoms with van der Waals surface area (Å²) in [7, 11) is -4.10. The molecule has 3 aromatic carbocycles. The molecule has 0 spiro atoms. The lowest BCUT2D eigenvalue weighted by atomic mass is 10.2. The molecular formula is C24H25FN2O4S2. The summed E-state index contributed by atoms with van der Waals surface area (Å²) in [5.41, 5.74) is 0.553. The Morgan fingerprint density at radius 1 is 1.03 bits per heavy atom. The minimum atomic E-state index is -4.10. The second-order valence-electron chi connectivity index (χ2n) is 6.96. The van der Waals surface area contributed by atoms with Gasteiger partial charge in [0.15, 0.2) is 0 Å². The zero-order valence-corrected chi connectivity index (χ0v) is 20.0. The predicted octanol–water partition coefficient (Wildman–Crippen LogP) is 4.46. The minimum absolute atomic E-state index is 0.0495. The monoisotopic (exact) mass is 488 g/mol. The molecule has 6 nitrogen and oxygen atoms in total. The highest BCUT2D eigenvalue weighted by Crippen LogP contribution is 2.32. The van der Waals surface area contributed by atoms with Crippen LogP contribution < -0.4 is 14.4 Å². The van der Waals surface area contributed by atoms with Crippen LogP contribution >= 0.6 is 11.8 Å². The first-order chi connectivity index (χ1) is 15.9. The standard InChI is InChI=1S/C24H25FN2O4S2/c1-3-31-23-11-7-6-10-22(23)27(33(29,30)20-14-12-19(32-2)13-15-20)17-24(28)26-16-18-8-4-5-9-21(18)25/h4-15H,3,16-17H2,1-2H3,(H,26,28). The van der Waals surface area contributed by atoms with E-state index in [1.165, 1.54) is 30.0 Å². The molecule has 0 saturated heterocycles. The first-order valence-electron chi connectivity index (χ1n) is 10.3. The normalized spacial score (nSPS) is 11.1. The molecule has 3 aromatic rings. The number of thioether (sulfide) groups is 1. The van der Waals surface area contributed by atoms with E-state index in [9.17, 15) is 17.6 Å². The number of nitrogens with one attached hydrogen (secondary N) is 1. The lowest BCUT2D eigenvalue weighted by Crippen LogP contribution is -2.41. The van der Waals surface area contributed by atoms with E-state index < -0.39 is 28.3 Å². The largest absolute Gasteiger partial charge is 0.492 e. The Morgan fingerprint density at radius 3 is 2.36 bits per heavy atom. The second-order valence-corrected chi connectivity index (χ2v) is 9.70. The molecule has 0 unspecified atom stereocenters. The lowest BCUT2D eigenvalue weighted by molar-refractivity contribution is -0.119. The topological polar surface area (TPSA) is 75.7 Å². The molecule has 1 amide bonds. The molecule has 3 rings (SSSR count). The average molecular weight is 489 g/mol. The minimum Gasteiger partial charge on any atom is -0.492 e. The Kier molecular flexibility index (Phi) is 8.35. The summed E-state index contributed by atoms with van der Waals surface area (Å²) in [5.74, 6) is -0.682. The van der Waals surface area contributed by atoms with Crippen LogP contribution in [0.4, 0.5) is 10.1 Å². The van der Waals surface area contributed by atoms with Crippen molar-refractivity contribution >= 4 is 33.4 Å². The maximum Gasteiger partial charge on any atom is 0.264 e. The average Bonchev–Trinajstić information content (AvgIpc) is 2.82. The molecule has 1 N–H and O–H groups in total. The van der Waals surface area contributed by atoms with Crippen molar-refractivity contribution in [2.24, 2.45) is 0 Å². The van der Waals surface area contributed by atoms with Crippen LogP contribution in [0.5, 0.6) is 5.75 Å². The number of carbonyl (C=O) groups is 1. The first-order valence-corrected chi connectivity index (χ1v) is 12.9. The van der Waals surface area contributed by atoms with E-state index >= 15 is 0 Å². The number of ether oxygens (including phenoxy) is 1. The third-order valence-corrected chi connectivity index (χ3v) is 7.32. The van der Waals surface area contributed by atoms with Gasteiger partial charge in [-0.3, -0.25) is 9.10 Å². The zero-order valence-electron chi connectivity index (χ0n) is 18.3. The molecule has 9 heteroatoms. The molecule has 0 radical (unpaired) electrons. The van der Waals surface area contributed by atoms with Gasteiger partial charge in [0.25, 0.3) is 10.0 Å². The van der Waals surface area contributed by atoms with Crippen molar-refractivity contribution in [3.8, 4) is 5.75 Å². The summed E-state index contributed by atoms with van der Waals surface area (Å²) in [6.07, 6.45) is 1.90. The fourth-order valence-electron chi connectivity index (χ4n) is 3.14. The Labute approximate surface area is 197 Å². The van der Waals surface area contributed by atoms with E-state index in [1.54, 1.807) is 61.5 Å². The predicted molar refractivity (Wildman–Crippen MR) is 129 cm³/mol. The molecule has 33 heavy (non-hydrogen) atoms. The Balaban J connectivity index is 1.93. The number of benzene rings is 3. The number of para-hydroxylation sites is 2. The smallest absolute Gasteiger partial charge is 0.264 e. The van der Waals surface area contributed by atoms with Gasteiger partial charge in [-0.15, -0.1) is 11.8 Å². The number of halogens is 1. The number of rotatable bonds is 10. The van der Waals surface area contributed by atoms with Gasteiger partial charge in [-0.25, -0.2) is 12.8 Å². The molecule has 0 aromatic heterocycles. The second kappa shape index (κ2) is 11.2. The molecule has 0 atom stereocenters. The van der Waals surface area contributed by atoms with Crippen LogP contribution in [0.25, 0.3) is 0 Å². The summed E-state index contributed by atoms with van der Waals surface area (Å²) >= 11 is 1.50. The van der Waals surface area contributed by atoms with Crippen molar-refractivity contribution in [1.82, 2.24) is 5.32 Å².